The number of nitrogens with zero attached hydrogens (tertiary/aromatic N) is 3. The number of benzene rings is 2. The Morgan fingerprint density at radius 3 is 2.72 bits per heavy atom. The first kappa shape index (κ1) is 20.7. The van der Waals surface area contributed by atoms with E-state index in [0.29, 0.717) is 24.0 Å². The van der Waals surface area contributed by atoms with E-state index in [9.17, 15) is 4.79 Å². The van der Waals surface area contributed by atoms with Crippen molar-refractivity contribution in [2.45, 2.75) is 31.7 Å². The number of rotatable bonds is 6. The maximum atomic E-state index is 13.0. The maximum Gasteiger partial charge on any atom is 0.231 e. The lowest BCUT2D eigenvalue weighted by molar-refractivity contribution is -0.131. The Kier molecular flexibility index (Phi) is 5.66. The van der Waals surface area contributed by atoms with E-state index in [1.54, 1.807) is 4.90 Å². The zero-order chi connectivity index (χ0) is 22.1. The van der Waals surface area contributed by atoms with Crippen LogP contribution in [-0.2, 0) is 4.79 Å². The molecule has 2 aliphatic rings. The van der Waals surface area contributed by atoms with Crippen LogP contribution >= 0.6 is 12.2 Å². The minimum Gasteiger partial charge on any atom is -0.384 e. The SMILES string of the molecule is CCCN1C(=O)C[C@@H](c2nc(-c3ccccc3)c[nH]2)N(CC2CNc3ccccc32)C1=S. The molecule has 2 aromatic carbocycles. The number of nitrogens with one attached hydrogen (secondary N) is 2. The number of thiocarbonyl (C=S) groups is 1. The molecule has 0 bridgehead atoms. The molecule has 32 heavy (non-hydrogen) atoms. The first-order valence-electron chi connectivity index (χ1n) is 11.2. The second-order valence-corrected chi connectivity index (χ2v) is 8.77. The molecule has 2 atom stereocenters. The summed E-state index contributed by atoms with van der Waals surface area (Å²) in [6.45, 7) is 4.32. The average molecular weight is 446 g/mol. The molecular weight excluding hydrogens is 418 g/mol. The highest BCUT2D eigenvalue weighted by atomic mass is 32.1. The summed E-state index contributed by atoms with van der Waals surface area (Å²) >= 11 is 5.87. The highest BCUT2D eigenvalue weighted by molar-refractivity contribution is 7.80. The Bertz CT molecular complexity index is 1130. The third-order valence-electron chi connectivity index (χ3n) is 6.31. The molecule has 1 saturated heterocycles. The number of hydrogen-bond donors (Lipinski definition) is 2. The van der Waals surface area contributed by atoms with Crippen LogP contribution in [0.2, 0.25) is 0 Å². The Morgan fingerprint density at radius 2 is 1.91 bits per heavy atom. The fraction of sp³-hybridized carbons (Fsp3) is 0.320. The lowest BCUT2D eigenvalue weighted by atomic mass is 9.98. The van der Waals surface area contributed by atoms with Gasteiger partial charge in [-0.15, -0.1) is 0 Å². The smallest absolute Gasteiger partial charge is 0.231 e. The molecule has 0 spiro atoms. The van der Waals surface area contributed by atoms with Gasteiger partial charge in [-0.1, -0.05) is 55.5 Å². The Balaban J connectivity index is 1.46. The molecule has 7 heteroatoms. The molecule has 0 radical (unpaired) electrons. The van der Waals surface area contributed by atoms with E-state index < -0.39 is 0 Å². The summed E-state index contributed by atoms with van der Waals surface area (Å²) in [6, 6.07) is 18.3. The number of carbonyl (C=O) groups excluding carboxylic acids is 1. The number of fused-ring (bicyclic) bond motifs is 1. The van der Waals surface area contributed by atoms with Gasteiger partial charge in [-0.25, -0.2) is 4.98 Å². The third-order valence-corrected chi connectivity index (χ3v) is 6.76. The predicted octanol–water partition coefficient (Wildman–Crippen LogP) is 4.56. The number of amides is 1. The number of carbonyl (C=O) groups is 1. The zero-order valence-corrected chi connectivity index (χ0v) is 18.9. The van der Waals surface area contributed by atoms with Crippen LogP contribution in [0.4, 0.5) is 5.69 Å². The van der Waals surface area contributed by atoms with Crippen molar-refractivity contribution in [3.05, 3.63) is 72.2 Å². The lowest BCUT2D eigenvalue weighted by Gasteiger charge is -2.43. The van der Waals surface area contributed by atoms with Crippen LogP contribution in [-0.4, -0.2) is 50.4 Å². The van der Waals surface area contributed by atoms with Gasteiger partial charge in [-0.3, -0.25) is 9.69 Å². The van der Waals surface area contributed by atoms with Gasteiger partial charge in [0.25, 0.3) is 0 Å². The summed E-state index contributed by atoms with van der Waals surface area (Å²) in [5, 5.41) is 4.11. The average Bonchev–Trinajstić information content (AvgIpc) is 3.47. The number of hydrogen-bond acceptors (Lipinski definition) is 4. The lowest BCUT2D eigenvalue weighted by Crippen LogP contribution is -2.54. The standard InChI is InChI=1S/C25H27N5OS/c1-2-12-29-23(31)13-22(24-27-15-21(28-24)17-8-4-3-5-9-17)30(25(29)32)16-18-14-26-20-11-7-6-10-19(18)20/h3-11,15,18,22,26H,2,12-14,16H2,1H3,(H,27,28)/t18?,22-/m0/s1. The van der Waals surface area contributed by atoms with E-state index >= 15 is 0 Å². The number of aromatic nitrogens is 2. The van der Waals surface area contributed by atoms with E-state index in [-0.39, 0.29) is 11.9 Å². The van der Waals surface area contributed by atoms with Gasteiger partial charge < -0.3 is 15.2 Å². The fourth-order valence-corrected chi connectivity index (χ4v) is 5.09. The second kappa shape index (κ2) is 8.74. The van der Waals surface area contributed by atoms with Crippen molar-refractivity contribution >= 4 is 28.9 Å². The highest BCUT2D eigenvalue weighted by Crippen LogP contribution is 2.37. The Labute approximate surface area is 193 Å². The van der Waals surface area contributed by atoms with Gasteiger partial charge in [0.15, 0.2) is 5.11 Å². The molecule has 1 aromatic heterocycles. The number of aromatic amines is 1. The van der Waals surface area contributed by atoms with Gasteiger partial charge in [0.1, 0.15) is 5.82 Å². The van der Waals surface area contributed by atoms with Gasteiger partial charge in [0, 0.05) is 43.0 Å². The van der Waals surface area contributed by atoms with Crippen molar-refractivity contribution in [2.75, 3.05) is 25.0 Å². The molecule has 2 N–H and O–H groups in total. The van der Waals surface area contributed by atoms with E-state index in [0.717, 1.165) is 36.6 Å². The van der Waals surface area contributed by atoms with E-state index in [1.807, 2.05) is 36.5 Å². The Morgan fingerprint density at radius 1 is 1.12 bits per heavy atom. The summed E-state index contributed by atoms with van der Waals surface area (Å²) < 4.78 is 0. The molecule has 5 rings (SSSR count). The van der Waals surface area contributed by atoms with Crippen LogP contribution in [0.5, 0.6) is 0 Å². The predicted molar refractivity (Wildman–Crippen MR) is 130 cm³/mol. The van der Waals surface area contributed by atoms with Crippen molar-refractivity contribution in [3.8, 4) is 11.3 Å². The molecule has 3 heterocycles. The van der Waals surface area contributed by atoms with Crippen molar-refractivity contribution in [3.63, 3.8) is 0 Å². The molecular formula is C25H27N5OS. The van der Waals surface area contributed by atoms with E-state index in [1.165, 1.54) is 11.3 Å². The fourth-order valence-electron chi connectivity index (χ4n) is 4.70. The van der Waals surface area contributed by atoms with Crippen molar-refractivity contribution in [1.82, 2.24) is 19.8 Å². The van der Waals surface area contributed by atoms with Gasteiger partial charge in [0.2, 0.25) is 5.91 Å². The van der Waals surface area contributed by atoms with E-state index in [2.05, 4.69) is 46.4 Å². The maximum absolute atomic E-state index is 13.0. The molecule has 1 fully saturated rings. The molecule has 0 saturated carbocycles. The quantitative estimate of drug-likeness (QED) is 0.545. The number of anilines is 1. The number of H-pyrrole nitrogens is 1. The van der Waals surface area contributed by atoms with Crippen LogP contribution in [0.3, 0.4) is 0 Å². The summed E-state index contributed by atoms with van der Waals surface area (Å²) in [5.74, 6) is 1.16. The minimum absolute atomic E-state index is 0.0701. The first-order chi connectivity index (χ1) is 15.7. The minimum atomic E-state index is -0.201. The summed E-state index contributed by atoms with van der Waals surface area (Å²) in [6.07, 6.45) is 3.15. The van der Waals surface area contributed by atoms with Crippen LogP contribution < -0.4 is 5.32 Å². The molecule has 2 aliphatic heterocycles. The molecule has 0 aliphatic carbocycles. The highest BCUT2D eigenvalue weighted by Gasteiger charge is 2.39. The van der Waals surface area contributed by atoms with Crippen molar-refractivity contribution in [1.29, 1.82) is 0 Å². The molecule has 1 unspecified atom stereocenters. The largest absolute Gasteiger partial charge is 0.384 e. The topological polar surface area (TPSA) is 64.3 Å². The van der Waals surface area contributed by atoms with Crippen molar-refractivity contribution in [2.24, 2.45) is 0 Å². The van der Waals surface area contributed by atoms with Crippen LogP contribution in [0.1, 0.15) is 43.1 Å². The van der Waals surface area contributed by atoms with Crippen LogP contribution in [0, 0.1) is 0 Å². The van der Waals surface area contributed by atoms with E-state index in [4.69, 9.17) is 17.2 Å². The summed E-state index contributed by atoms with van der Waals surface area (Å²) in [4.78, 5) is 25.2. The summed E-state index contributed by atoms with van der Waals surface area (Å²) in [7, 11) is 0. The monoisotopic (exact) mass is 445 g/mol. The first-order valence-corrected chi connectivity index (χ1v) is 11.6. The van der Waals surface area contributed by atoms with Gasteiger partial charge in [-0.05, 0) is 30.3 Å². The molecule has 3 aromatic rings. The molecule has 6 nitrogen and oxygen atoms in total. The van der Waals surface area contributed by atoms with Gasteiger partial charge in [0.05, 0.1) is 18.2 Å². The van der Waals surface area contributed by atoms with Gasteiger partial charge >= 0.3 is 0 Å². The molecule has 164 valence electrons. The normalized spacial score (nSPS) is 20.4. The third kappa shape index (κ3) is 3.77. The van der Waals surface area contributed by atoms with Crippen LogP contribution in [0.25, 0.3) is 11.3 Å². The van der Waals surface area contributed by atoms with Crippen LogP contribution in [0.15, 0.2) is 60.8 Å². The Hall–Kier alpha value is -3.19. The summed E-state index contributed by atoms with van der Waals surface area (Å²) in [5.41, 5.74) is 4.41. The zero-order valence-electron chi connectivity index (χ0n) is 18.1. The number of para-hydroxylation sites is 1. The number of imidazole rings is 1. The molecule has 1 amide bonds. The van der Waals surface area contributed by atoms with Gasteiger partial charge in [-0.2, -0.15) is 0 Å². The second-order valence-electron chi connectivity index (χ2n) is 8.40. The van der Waals surface area contributed by atoms with Crippen molar-refractivity contribution < 1.29 is 4.79 Å².